The third-order valence-electron chi connectivity index (χ3n) is 6.98. The molecule has 1 fully saturated rings. The number of halogens is 4. The number of amides is 1. The minimum atomic E-state index is -4.55. The van der Waals surface area contributed by atoms with Crippen molar-refractivity contribution >= 4 is 34.1 Å². The number of anilines is 1. The number of hydrogen-bond donors (Lipinski definition) is 2. The number of alkyl halides is 3. The molecule has 5 nitrogen and oxygen atoms in total. The SMILES string of the molecule is O=C(CC1OCCc2ccccc21)NC1CCC(Nc2cc(C(F)(F)F)nc3ccc(Cl)cc23)CC1. The van der Waals surface area contributed by atoms with E-state index in [0.29, 0.717) is 22.7 Å². The molecule has 2 N–H and O–H groups in total. The Bertz CT molecular complexity index is 1260. The molecule has 1 aromatic heterocycles. The molecule has 1 atom stereocenters. The van der Waals surface area contributed by atoms with E-state index in [1.54, 1.807) is 6.07 Å². The van der Waals surface area contributed by atoms with E-state index in [0.717, 1.165) is 43.7 Å². The molecule has 9 heteroatoms. The van der Waals surface area contributed by atoms with Crippen LogP contribution in [0.15, 0.2) is 48.5 Å². The molecular weight excluding hydrogens is 491 g/mol. The topological polar surface area (TPSA) is 63.2 Å². The zero-order valence-corrected chi connectivity index (χ0v) is 20.3. The average molecular weight is 518 g/mol. The number of nitrogens with zero attached hydrogens (tertiary/aromatic N) is 1. The van der Waals surface area contributed by atoms with Crippen molar-refractivity contribution in [3.8, 4) is 0 Å². The predicted octanol–water partition coefficient (Wildman–Crippen LogP) is 6.45. The number of carbonyl (C=O) groups is 1. The molecule has 1 saturated carbocycles. The van der Waals surface area contributed by atoms with E-state index in [2.05, 4.69) is 21.7 Å². The van der Waals surface area contributed by atoms with Crippen molar-refractivity contribution in [1.82, 2.24) is 10.3 Å². The van der Waals surface area contributed by atoms with Crippen molar-refractivity contribution in [2.24, 2.45) is 0 Å². The van der Waals surface area contributed by atoms with Crippen molar-refractivity contribution in [1.29, 1.82) is 0 Å². The molecule has 0 radical (unpaired) electrons. The molecular formula is C27H27ClF3N3O2. The van der Waals surface area contributed by atoms with Crippen molar-refractivity contribution in [3.05, 3.63) is 70.4 Å². The van der Waals surface area contributed by atoms with Crippen LogP contribution in [0.3, 0.4) is 0 Å². The summed E-state index contributed by atoms with van der Waals surface area (Å²) in [7, 11) is 0. The summed E-state index contributed by atoms with van der Waals surface area (Å²) in [4.78, 5) is 16.5. The van der Waals surface area contributed by atoms with Crippen LogP contribution in [0, 0.1) is 0 Å². The standard InChI is InChI=1S/C27H27ClF3N3O2/c28-17-5-10-22-21(13-17)23(14-25(34-22)27(29,30)31)32-18-6-8-19(9-7-18)33-26(35)15-24-20-4-2-1-3-16(20)11-12-36-24/h1-5,10,13-14,18-19,24H,6-9,11-12,15H2,(H,32,34)(H,33,35). The molecule has 0 spiro atoms. The van der Waals surface area contributed by atoms with Crippen LogP contribution >= 0.6 is 11.6 Å². The van der Waals surface area contributed by atoms with Gasteiger partial charge in [0.05, 0.1) is 24.6 Å². The van der Waals surface area contributed by atoms with Crippen molar-refractivity contribution < 1.29 is 22.7 Å². The van der Waals surface area contributed by atoms with E-state index in [1.807, 2.05) is 18.2 Å². The minimum absolute atomic E-state index is 0.0163. The Hall–Kier alpha value is -2.84. The van der Waals surface area contributed by atoms with Gasteiger partial charge in [0.2, 0.25) is 5.91 Å². The Labute approximate surface area is 212 Å². The van der Waals surface area contributed by atoms with Gasteiger partial charge >= 0.3 is 6.18 Å². The quantitative estimate of drug-likeness (QED) is 0.408. The third-order valence-corrected chi connectivity index (χ3v) is 7.21. The van der Waals surface area contributed by atoms with E-state index >= 15 is 0 Å². The second kappa shape index (κ2) is 10.3. The fourth-order valence-corrected chi connectivity index (χ4v) is 5.34. The largest absolute Gasteiger partial charge is 0.433 e. The van der Waals surface area contributed by atoms with Crippen molar-refractivity contribution in [3.63, 3.8) is 0 Å². The summed E-state index contributed by atoms with van der Waals surface area (Å²) in [5.74, 6) is -0.0438. The molecule has 3 aromatic rings. The first kappa shape index (κ1) is 24.8. The van der Waals surface area contributed by atoms with E-state index in [9.17, 15) is 18.0 Å². The normalized spacial score (nSPS) is 22.2. The molecule has 2 aliphatic rings. The lowest BCUT2D eigenvalue weighted by Crippen LogP contribution is -2.41. The van der Waals surface area contributed by atoms with Crippen molar-refractivity contribution in [2.45, 2.75) is 62.9 Å². The molecule has 1 unspecified atom stereocenters. The summed E-state index contributed by atoms with van der Waals surface area (Å²) < 4.78 is 46.1. The van der Waals surface area contributed by atoms with Gasteiger partial charge in [0.15, 0.2) is 0 Å². The van der Waals surface area contributed by atoms with Gasteiger partial charge in [-0.2, -0.15) is 13.2 Å². The summed E-state index contributed by atoms with van der Waals surface area (Å²) in [6.07, 6.45) is -0.729. The molecule has 0 bridgehead atoms. The van der Waals surface area contributed by atoms with Gasteiger partial charge in [-0.05, 0) is 67.5 Å². The second-order valence-corrected chi connectivity index (χ2v) is 9.92. The number of nitrogens with one attached hydrogen (secondary N) is 2. The summed E-state index contributed by atoms with van der Waals surface area (Å²) in [5, 5.41) is 7.40. The first-order chi connectivity index (χ1) is 17.3. The Morgan fingerprint density at radius 1 is 1.06 bits per heavy atom. The smallest absolute Gasteiger partial charge is 0.382 e. The van der Waals surface area contributed by atoms with Gasteiger partial charge in [-0.1, -0.05) is 35.9 Å². The molecule has 1 aliphatic heterocycles. The maximum atomic E-state index is 13.4. The van der Waals surface area contributed by atoms with Crippen LogP contribution < -0.4 is 10.6 Å². The Morgan fingerprint density at radius 3 is 2.58 bits per heavy atom. The van der Waals surface area contributed by atoms with Crippen LogP contribution in [0.1, 0.15) is 55.0 Å². The first-order valence-electron chi connectivity index (χ1n) is 12.2. The summed E-state index contributed by atoms with van der Waals surface area (Å²) in [5.41, 5.74) is 1.98. The fraction of sp³-hybridized carbons (Fsp3) is 0.407. The van der Waals surface area contributed by atoms with Gasteiger partial charge < -0.3 is 15.4 Å². The molecule has 5 rings (SSSR count). The second-order valence-electron chi connectivity index (χ2n) is 9.49. The lowest BCUT2D eigenvalue weighted by molar-refractivity contribution is -0.140. The highest BCUT2D eigenvalue weighted by Crippen LogP contribution is 2.35. The van der Waals surface area contributed by atoms with Crippen LogP contribution in [-0.2, 0) is 22.1 Å². The van der Waals surface area contributed by atoms with Gasteiger partial charge in [-0.15, -0.1) is 0 Å². The Kier molecular flexibility index (Phi) is 7.08. The molecule has 36 heavy (non-hydrogen) atoms. The molecule has 190 valence electrons. The molecule has 0 saturated heterocycles. The number of pyridine rings is 1. The third kappa shape index (κ3) is 5.60. The van der Waals surface area contributed by atoms with Gasteiger partial charge in [0, 0.05) is 28.2 Å². The number of carbonyl (C=O) groups excluding carboxylic acids is 1. The number of benzene rings is 2. The molecule has 1 amide bonds. The number of fused-ring (bicyclic) bond motifs is 2. The Morgan fingerprint density at radius 2 is 1.81 bits per heavy atom. The fourth-order valence-electron chi connectivity index (χ4n) is 5.17. The average Bonchev–Trinajstić information content (AvgIpc) is 2.85. The van der Waals surface area contributed by atoms with Gasteiger partial charge in [-0.25, -0.2) is 4.98 Å². The van der Waals surface area contributed by atoms with Crippen LogP contribution in [0.25, 0.3) is 10.9 Å². The highest BCUT2D eigenvalue weighted by Gasteiger charge is 2.34. The lowest BCUT2D eigenvalue weighted by Gasteiger charge is -2.31. The predicted molar refractivity (Wildman–Crippen MR) is 133 cm³/mol. The van der Waals surface area contributed by atoms with Gasteiger partial charge in [0.25, 0.3) is 0 Å². The highest BCUT2D eigenvalue weighted by molar-refractivity contribution is 6.31. The summed E-state index contributed by atoms with van der Waals surface area (Å²) in [6.45, 7) is 0.608. The molecule has 2 aromatic carbocycles. The highest BCUT2D eigenvalue weighted by atomic mass is 35.5. The molecule has 2 heterocycles. The zero-order chi connectivity index (χ0) is 25.3. The monoisotopic (exact) mass is 517 g/mol. The minimum Gasteiger partial charge on any atom is -0.382 e. The molecule has 1 aliphatic carbocycles. The summed E-state index contributed by atoms with van der Waals surface area (Å²) in [6, 6.07) is 13.8. The van der Waals surface area contributed by atoms with Crippen LogP contribution in [0.5, 0.6) is 0 Å². The number of rotatable bonds is 5. The first-order valence-corrected chi connectivity index (χ1v) is 12.6. The maximum Gasteiger partial charge on any atom is 0.433 e. The van der Waals surface area contributed by atoms with E-state index < -0.39 is 11.9 Å². The van der Waals surface area contributed by atoms with Gasteiger partial charge in [-0.3, -0.25) is 4.79 Å². The Balaban J connectivity index is 1.20. The number of ether oxygens (including phenoxy) is 1. The van der Waals surface area contributed by atoms with Gasteiger partial charge in [0.1, 0.15) is 5.69 Å². The van der Waals surface area contributed by atoms with Crippen LogP contribution in [0.2, 0.25) is 5.02 Å². The number of aromatic nitrogens is 1. The van der Waals surface area contributed by atoms with Crippen LogP contribution in [-0.4, -0.2) is 29.6 Å². The van der Waals surface area contributed by atoms with Crippen LogP contribution in [0.4, 0.5) is 18.9 Å². The maximum absolute atomic E-state index is 13.4. The van der Waals surface area contributed by atoms with E-state index in [4.69, 9.17) is 16.3 Å². The number of hydrogen-bond acceptors (Lipinski definition) is 4. The summed E-state index contributed by atoms with van der Waals surface area (Å²) >= 11 is 6.10. The zero-order valence-electron chi connectivity index (χ0n) is 19.6. The van der Waals surface area contributed by atoms with Crippen molar-refractivity contribution in [2.75, 3.05) is 11.9 Å². The van der Waals surface area contributed by atoms with E-state index in [1.165, 1.54) is 17.7 Å². The van der Waals surface area contributed by atoms with E-state index in [-0.39, 0.29) is 36.0 Å². The lowest BCUT2D eigenvalue weighted by atomic mass is 9.90.